The third-order valence-corrected chi connectivity index (χ3v) is 6.88. The maximum Gasteiger partial charge on any atom is 0.255 e. The van der Waals surface area contributed by atoms with Crippen molar-refractivity contribution >= 4 is 33.2 Å². The van der Waals surface area contributed by atoms with Crippen molar-refractivity contribution in [2.24, 2.45) is 0 Å². The highest BCUT2D eigenvalue weighted by Crippen LogP contribution is 2.28. The predicted molar refractivity (Wildman–Crippen MR) is 105 cm³/mol. The van der Waals surface area contributed by atoms with Crippen LogP contribution in [0.25, 0.3) is 0 Å². The lowest BCUT2D eigenvalue weighted by Gasteiger charge is -2.18. The first-order valence-electron chi connectivity index (χ1n) is 8.58. The monoisotopic (exact) mass is 408 g/mol. The SMILES string of the molecule is COc1ccc(NC(=O)c2ccc(C)c(S(=O)(=O)N3CCCC3)c2)cc1Cl. The van der Waals surface area contributed by atoms with Crippen LogP contribution in [0.1, 0.15) is 28.8 Å². The summed E-state index contributed by atoms with van der Waals surface area (Å²) in [6.07, 6.45) is 1.72. The van der Waals surface area contributed by atoms with Gasteiger partial charge in [0.2, 0.25) is 10.0 Å². The quantitative estimate of drug-likeness (QED) is 0.818. The molecule has 0 unspecified atom stereocenters. The molecule has 1 fully saturated rings. The zero-order valence-corrected chi connectivity index (χ0v) is 16.7. The smallest absolute Gasteiger partial charge is 0.255 e. The van der Waals surface area contributed by atoms with Crippen LogP contribution in [0.5, 0.6) is 5.75 Å². The van der Waals surface area contributed by atoms with E-state index in [2.05, 4.69) is 5.32 Å². The Morgan fingerprint density at radius 1 is 1.15 bits per heavy atom. The van der Waals surface area contributed by atoms with Gasteiger partial charge in [-0.1, -0.05) is 17.7 Å². The molecule has 6 nitrogen and oxygen atoms in total. The Bertz CT molecular complexity index is 970. The summed E-state index contributed by atoms with van der Waals surface area (Å²) in [5.74, 6) is 0.0955. The number of ether oxygens (including phenoxy) is 1. The molecule has 0 radical (unpaired) electrons. The summed E-state index contributed by atoms with van der Waals surface area (Å²) in [7, 11) is -2.09. The van der Waals surface area contributed by atoms with E-state index in [1.807, 2.05) is 0 Å². The number of amides is 1. The Labute approximate surface area is 164 Å². The van der Waals surface area contributed by atoms with Crippen LogP contribution >= 0.6 is 11.6 Å². The molecule has 27 heavy (non-hydrogen) atoms. The summed E-state index contributed by atoms with van der Waals surface area (Å²) >= 11 is 6.08. The van der Waals surface area contributed by atoms with Crippen LogP contribution in [0.15, 0.2) is 41.3 Å². The third kappa shape index (κ3) is 4.10. The number of nitrogens with one attached hydrogen (secondary N) is 1. The molecule has 0 aliphatic carbocycles. The van der Waals surface area contributed by atoms with Gasteiger partial charge in [-0.2, -0.15) is 4.31 Å². The first-order chi connectivity index (χ1) is 12.8. The van der Waals surface area contributed by atoms with E-state index in [4.69, 9.17) is 16.3 Å². The second-order valence-corrected chi connectivity index (χ2v) is 8.71. The molecule has 8 heteroatoms. The van der Waals surface area contributed by atoms with Crippen molar-refractivity contribution in [1.82, 2.24) is 4.31 Å². The number of methoxy groups -OCH3 is 1. The summed E-state index contributed by atoms with van der Waals surface area (Å²) < 4.78 is 32.3. The Balaban J connectivity index is 1.87. The van der Waals surface area contributed by atoms with E-state index in [0.717, 1.165) is 12.8 Å². The third-order valence-electron chi connectivity index (χ3n) is 4.54. The van der Waals surface area contributed by atoms with Gasteiger partial charge in [0.1, 0.15) is 5.75 Å². The molecule has 3 rings (SSSR count). The minimum absolute atomic E-state index is 0.171. The Hall–Kier alpha value is -2.09. The molecule has 144 valence electrons. The molecule has 2 aromatic rings. The topological polar surface area (TPSA) is 75.7 Å². The second-order valence-electron chi connectivity index (χ2n) is 6.39. The first-order valence-corrected chi connectivity index (χ1v) is 10.4. The van der Waals surface area contributed by atoms with Crippen molar-refractivity contribution in [2.75, 3.05) is 25.5 Å². The van der Waals surface area contributed by atoms with E-state index in [0.29, 0.717) is 35.1 Å². The second kappa shape index (κ2) is 7.88. The molecule has 0 spiro atoms. The van der Waals surface area contributed by atoms with Gasteiger partial charge >= 0.3 is 0 Å². The number of hydrogen-bond acceptors (Lipinski definition) is 4. The maximum atomic E-state index is 12.9. The van der Waals surface area contributed by atoms with E-state index in [9.17, 15) is 13.2 Å². The van der Waals surface area contributed by atoms with Gasteiger partial charge in [0.15, 0.2) is 0 Å². The molecule has 0 aromatic heterocycles. The zero-order chi connectivity index (χ0) is 19.6. The van der Waals surface area contributed by atoms with Crippen molar-refractivity contribution in [1.29, 1.82) is 0 Å². The van der Waals surface area contributed by atoms with Crippen LogP contribution in [-0.2, 0) is 10.0 Å². The van der Waals surface area contributed by atoms with Crippen LogP contribution in [0.4, 0.5) is 5.69 Å². The lowest BCUT2D eigenvalue weighted by molar-refractivity contribution is 0.102. The lowest BCUT2D eigenvalue weighted by Crippen LogP contribution is -2.28. The van der Waals surface area contributed by atoms with Gasteiger partial charge in [0, 0.05) is 24.3 Å². The molecule has 1 aliphatic rings. The molecule has 1 saturated heterocycles. The Kier molecular flexibility index (Phi) is 5.74. The number of carbonyl (C=O) groups excluding carboxylic acids is 1. The predicted octanol–water partition coefficient (Wildman–Crippen LogP) is 3.69. The molecule has 0 bridgehead atoms. The maximum absolute atomic E-state index is 12.9. The van der Waals surface area contributed by atoms with Gasteiger partial charge in [0.05, 0.1) is 17.0 Å². The van der Waals surface area contributed by atoms with Gasteiger partial charge in [-0.15, -0.1) is 0 Å². The fourth-order valence-corrected chi connectivity index (χ4v) is 5.06. The number of benzene rings is 2. The summed E-state index contributed by atoms with van der Waals surface area (Å²) in [6, 6.07) is 9.59. The Morgan fingerprint density at radius 3 is 2.48 bits per heavy atom. The number of rotatable bonds is 5. The van der Waals surface area contributed by atoms with Gasteiger partial charge in [-0.25, -0.2) is 8.42 Å². The molecule has 1 N–H and O–H groups in total. The van der Waals surface area contributed by atoms with Gasteiger partial charge < -0.3 is 10.1 Å². The molecular formula is C19H21ClN2O4S. The molecule has 0 atom stereocenters. The van der Waals surface area contributed by atoms with Crippen molar-refractivity contribution in [2.45, 2.75) is 24.7 Å². The average molecular weight is 409 g/mol. The summed E-state index contributed by atoms with van der Waals surface area (Å²) in [6.45, 7) is 2.76. The minimum atomic E-state index is -3.60. The fourth-order valence-electron chi connectivity index (χ4n) is 3.03. The van der Waals surface area contributed by atoms with Crippen molar-refractivity contribution in [3.63, 3.8) is 0 Å². The number of anilines is 1. The highest BCUT2D eigenvalue weighted by Gasteiger charge is 2.29. The molecule has 1 aliphatic heterocycles. The summed E-state index contributed by atoms with van der Waals surface area (Å²) in [4.78, 5) is 12.8. The van der Waals surface area contributed by atoms with E-state index >= 15 is 0 Å². The molecule has 1 heterocycles. The van der Waals surface area contributed by atoms with Gasteiger partial charge in [0.25, 0.3) is 5.91 Å². The fraction of sp³-hybridized carbons (Fsp3) is 0.316. The zero-order valence-electron chi connectivity index (χ0n) is 15.2. The number of sulfonamides is 1. The minimum Gasteiger partial charge on any atom is -0.495 e. The van der Waals surface area contributed by atoms with Crippen LogP contribution in [0, 0.1) is 6.92 Å². The van der Waals surface area contributed by atoms with Gasteiger partial charge in [-0.3, -0.25) is 4.79 Å². The summed E-state index contributed by atoms with van der Waals surface area (Å²) in [5.41, 5.74) is 1.38. The van der Waals surface area contributed by atoms with E-state index < -0.39 is 15.9 Å². The molecule has 0 saturated carbocycles. The standard InChI is InChI=1S/C19H21ClN2O4S/c1-13-5-6-14(11-18(13)27(24,25)22-9-3-4-10-22)19(23)21-15-7-8-17(26-2)16(20)12-15/h5-8,11-12H,3-4,9-10H2,1-2H3,(H,21,23). The first kappa shape index (κ1) is 19.7. The van der Waals surface area contributed by atoms with Crippen molar-refractivity contribution in [3.8, 4) is 5.75 Å². The van der Waals surface area contributed by atoms with E-state index in [-0.39, 0.29) is 10.5 Å². The Morgan fingerprint density at radius 2 is 1.85 bits per heavy atom. The van der Waals surface area contributed by atoms with Gasteiger partial charge in [-0.05, 0) is 55.7 Å². The van der Waals surface area contributed by atoms with Crippen molar-refractivity contribution in [3.05, 3.63) is 52.5 Å². The average Bonchev–Trinajstić information content (AvgIpc) is 3.17. The van der Waals surface area contributed by atoms with Crippen LogP contribution in [0.2, 0.25) is 5.02 Å². The highest BCUT2D eigenvalue weighted by molar-refractivity contribution is 7.89. The van der Waals surface area contributed by atoms with Crippen molar-refractivity contribution < 1.29 is 17.9 Å². The molecule has 1 amide bonds. The van der Waals surface area contributed by atoms with E-state index in [1.165, 1.54) is 17.5 Å². The normalized spacial score (nSPS) is 14.9. The molecule has 2 aromatic carbocycles. The van der Waals surface area contributed by atoms with Crippen LogP contribution < -0.4 is 10.1 Å². The lowest BCUT2D eigenvalue weighted by atomic mass is 10.1. The van der Waals surface area contributed by atoms with Crippen LogP contribution in [0.3, 0.4) is 0 Å². The number of aryl methyl sites for hydroxylation is 1. The molecular weight excluding hydrogens is 388 g/mol. The number of nitrogens with zero attached hydrogens (tertiary/aromatic N) is 1. The number of hydrogen-bond donors (Lipinski definition) is 1. The highest BCUT2D eigenvalue weighted by atomic mass is 35.5. The largest absolute Gasteiger partial charge is 0.495 e. The van der Waals surface area contributed by atoms with Crippen LogP contribution in [-0.4, -0.2) is 38.8 Å². The number of halogens is 1. The number of carbonyl (C=O) groups is 1. The van der Waals surface area contributed by atoms with E-state index in [1.54, 1.807) is 37.3 Å². The summed E-state index contributed by atoms with van der Waals surface area (Å²) in [5, 5.41) is 3.10.